The maximum atomic E-state index is 10.1. The summed E-state index contributed by atoms with van der Waals surface area (Å²) in [5, 5.41) is 17.5. The number of anilines is 1. The molecule has 3 nitrogen and oxygen atoms in total. The Balaban J connectivity index is 2.08. The molecule has 2 aromatic rings. The molecule has 0 aromatic heterocycles. The van der Waals surface area contributed by atoms with E-state index in [1.165, 1.54) is 11.1 Å². The predicted molar refractivity (Wildman–Crippen MR) is 96.8 cm³/mol. The molecule has 0 radical (unpaired) electrons. The Bertz CT molecular complexity index is 700. The van der Waals surface area contributed by atoms with Crippen molar-refractivity contribution < 1.29 is 5.11 Å². The van der Waals surface area contributed by atoms with Gasteiger partial charge in [-0.1, -0.05) is 43.6 Å². The molecule has 1 aliphatic heterocycles. The molecular formula is C19H23ClN2O. The van der Waals surface area contributed by atoms with Crippen LogP contribution in [0.2, 0.25) is 5.02 Å². The third kappa shape index (κ3) is 3.52. The Hall–Kier alpha value is -1.55. The Kier molecular flexibility index (Phi) is 4.90. The van der Waals surface area contributed by atoms with Crippen LogP contribution in [-0.2, 0) is 13.0 Å². The lowest BCUT2D eigenvalue weighted by Crippen LogP contribution is -2.27. The molecule has 1 aliphatic rings. The van der Waals surface area contributed by atoms with E-state index >= 15 is 0 Å². The first-order chi connectivity index (χ1) is 11.1. The number of aliphatic hydroxyl groups is 1. The zero-order chi connectivity index (χ0) is 16.4. The summed E-state index contributed by atoms with van der Waals surface area (Å²) < 4.78 is 0. The number of nitrogens with one attached hydrogen (secondary N) is 2. The van der Waals surface area contributed by atoms with E-state index in [9.17, 15) is 5.11 Å². The lowest BCUT2D eigenvalue weighted by Gasteiger charge is -2.25. The molecule has 4 heteroatoms. The Morgan fingerprint density at radius 1 is 1.17 bits per heavy atom. The molecule has 122 valence electrons. The van der Waals surface area contributed by atoms with Gasteiger partial charge >= 0.3 is 0 Å². The normalized spacial score (nSPS) is 15.3. The van der Waals surface area contributed by atoms with Crippen LogP contribution >= 0.6 is 11.6 Å². The minimum atomic E-state index is -0.566. The molecule has 0 amide bonds. The summed E-state index contributed by atoms with van der Waals surface area (Å²) in [6.07, 6.45) is 0.423. The second-order valence-electron chi connectivity index (χ2n) is 6.40. The van der Waals surface area contributed by atoms with Crippen molar-refractivity contribution in [3.63, 3.8) is 0 Å². The van der Waals surface area contributed by atoms with Crippen molar-refractivity contribution in [3.05, 3.63) is 52.5 Å². The fraction of sp³-hybridized carbons (Fsp3) is 0.368. The van der Waals surface area contributed by atoms with Crippen LogP contribution in [0.15, 0.2) is 36.4 Å². The first-order valence-corrected chi connectivity index (χ1v) is 8.50. The van der Waals surface area contributed by atoms with E-state index in [4.69, 9.17) is 11.6 Å². The summed E-state index contributed by atoms with van der Waals surface area (Å²) >= 11 is 6.42. The summed E-state index contributed by atoms with van der Waals surface area (Å²) in [5.41, 5.74) is 5.76. The molecule has 0 aliphatic carbocycles. The molecule has 0 fully saturated rings. The van der Waals surface area contributed by atoms with Gasteiger partial charge in [0.15, 0.2) is 0 Å². The third-order valence-corrected chi connectivity index (χ3v) is 4.65. The topological polar surface area (TPSA) is 44.3 Å². The van der Waals surface area contributed by atoms with E-state index in [-0.39, 0.29) is 5.92 Å². The smallest absolute Gasteiger partial charge is 0.126 e. The van der Waals surface area contributed by atoms with Gasteiger partial charge in [-0.15, -0.1) is 0 Å². The quantitative estimate of drug-likeness (QED) is 0.741. The van der Waals surface area contributed by atoms with Crippen molar-refractivity contribution in [1.29, 1.82) is 0 Å². The summed E-state index contributed by atoms with van der Waals surface area (Å²) in [6.45, 7) is 5.81. The second-order valence-corrected chi connectivity index (χ2v) is 6.81. The fourth-order valence-corrected chi connectivity index (χ4v) is 3.20. The molecule has 2 aromatic carbocycles. The monoisotopic (exact) mass is 330 g/mol. The van der Waals surface area contributed by atoms with Gasteiger partial charge in [-0.3, -0.25) is 0 Å². The highest BCUT2D eigenvalue weighted by molar-refractivity contribution is 6.33. The molecule has 0 saturated carbocycles. The molecule has 1 unspecified atom stereocenters. The number of hydrogen-bond acceptors (Lipinski definition) is 3. The van der Waals surface area contributed by atoms with Crippen molar-refractivity contribution in [2.45, 2.75) is 33.0 Å². The molecule has 0 spiro atoms. The van der Waals surface area contributed by atoms with Crippen LogP contribution < -0.4 is 10.6 Å². The van der Waals surface area contributed by atoms with Crippen molar-refractivity contribution in [3.8, 4) is 11.1 Å². The zero-order valence-electron chi connectivity index (χ0n) is 13.6. The fourth-order valence-electron chi connectivity index (χ4n) is 2.96. The minimum Gasteiger partial charge on any atom is -0.374 e. The van der Waals surface area contributed by atoms with Crippen LogP contribution in [0.4, 0.5) is 5.69 Å². The molecule has 0 saturated heterocycles. The zero-order valence-corrected chi connectivity index (χ0v) is 14.3. The number of aliphatic hydroxyl groups excluding tert-OH is 1. The highest BCUT2D eigenvalue weighted by Crippen LogP contribution is 2.36. The molecule has 1 atom stereocenters. The standard InChI is InChI=1S/C19H23ClN2O/c1-12(2)19(23)22-14-9-13-11-21-8-7-15(13)17(10-14)16-5-3-4-6-18(16)20/h3-6,9-10,12,19,21-23H,7-8,11H2,1-2H3. The molecule has 23 heavy (non-hydrogen) atoms. The van der Waals surface area contributed by atoms with E-state index in [0.29, 0.717) is 0 Å². The van der Waals surface area contributed by atoms with Crippen LogP contribution in [0.1, 0.15) is 25.0 Å². The average molecular weight is 331 g/mol. The Morgan fingerprint density at radius 2 is 1.96 bits per heavy atom. The van der Waals surface area contributed by atoms with Gasteiger partial charge in [-0.05, 0) is 53.8 Å². The summed E-state index contributed by atoms with van der Waals surface area (Å²) in [5.74, 6) is 0.146. The van der Waals surface area contributed by atoms with Crippen LogP contribution in [0.5, 0.6) is 0 Å². The van der Waals surface area contributed by atoms with Gasteiger partial charge in [0, 0.05) is 22.8 Å². The SMILES string of the molecule is CC(C)C(O)Nc1cc2c(c(-c3ccccc3Cl)c1)CCNC2. The van der Waals surface area contributed by atoms with Gasteiger partial charge in [0.1, 0.15) is 6.23 Å². The highest BCUT2D eigenvalue weighted by atomic mass is 35.5. The Labute approximate surface area is 142 Å². The first kappa shape index (κ1) is 16.3. The van der Waals surface area contributed by atoms with Crippen molar-refractivity contribution in [1.82, 2.24) is 5.32 Å². The lowest BCUT2D eigenvalue weighted by atomic mass is 9.90. The molecule has 1 heterocycles. The minimum absolute atomic E-state index is 0.146. The first-order valence-electron chi connectivity index (χ1n) is 8.12. The highest BCUT2D eigenvalue weighted by Gasteiger charge is 2.18. The summed E-state index contributed by atoms with van der Waals surface area (Å²) in [7, 11) is 0. The van der Waals surface area contributed by atoms with Crippen LogP contribution in [0.3, 0.4) is 0 Å². The van der Waals surface area contributed by atoms with Crippen molar-refractivity contribution in [2.24, 2.45) is 5.92 Å². The second kappa shape index (κ2) is 6.91. The number of hydrogen-bond donors (Lipinski definition) is 3. The van der Waals surface area contributed by atoms with E-state index in [2.05, 4.69) is 28.8 Å². The average Bonchev–Trinajstić information content (AvgIpc) is 2.54. The maximum Gasteiger partial charge on any atom is 0.126 e. The molecular weight excluding hydrogens is 308 g/mol. The van der Waals surface area contributed by atoms with Crippen LogP contribution in [0.25, 0.3) is 11.1 Å². The van der Waals surface area contributed by atoms with Gasteiger partial charge in [0.2, 0.25) is 0 Å². The lowest BCUT2D eigenvalue weighted by molar-refractivity contribution is 0.153. The summed E-state index contributed by atoms with van der Waals surface area (Å²) in [6, 6.07) is 12.2. The van der Waals surface area contributed by atoms with Gasteiger partial charge < -0.3 is 15.7 Å². The maximum absolute atomic E-state index is 10.1. The molecule has 0 bridgehead atoms. The number of rotatable bonds is 4. The van der Waals surface area contributed by atoms with E-state index in [1.54, 1.807) is 0 Å². The van der Waals surface area contributed by atoms with E-state index in [1.807, 2.05) is 32.0 Å². The largest absolute Gasteiger partial charge is 0.374 e. The third-order valence-electron chi connectivity index (χ3n) is 4.32. The van der Waals surface area contributed by atoms with Crippen LogP contribution in [0, 0.1) is 5.92 Å². The molecule has 3 rings (SSSR count). The van der Waals surface area contributed by atoms with Gasteiger partial charge in [0.25, 0.3) is 0 Å². The summed E-state index contributed by atoms with van der Waals surface area (Å²) in [4.78, 5) is 0. The van der Waals surface area contributed by atoms with Gasteiger partial charge in [-0.25, -0.2) is 0 Å². The van der Waals surface area contributed by atoms with Gasteiger partial charge in [-0.2, -0.15) is 0 Å². The Morgan fingerprint density at radius 3 is 2.70 bits per heavy atom. The number of benzene rings is 2. The van der Waals surface area contributed by atoms with Gasteiger partial charge in [0.05, 0.1) is 0 Å². The predicted octanol–water partition coefficient (Wildman–Crippen LogP) is 4.04. The van der Waals surface area contributed by atoms with Crippen molar-refractivity contribution in [2.75, 3.05) is 11.9 Å². The van der Waals surface area contributed by atoms with Crippen LogP contribution in [-0.4, -0.2) is 17.9 Å². The molecule has 3 N–H and O–H groups in total. The van der Waals surface area contributed by atoms with E-state index < -0.39 is 6.23 Å². The van der Waals surface area contributed by atoms with Crippen molar-refractivity contribution >= 4 is 17.3 Å². The number of halogens is 1. The number of fused-ring (bicyclic) bond motifs is 1. The van der Waals surface area contributed by atoms with E-state index in [0.717, 1.165) is 41.3 Å².